The van der Waals surface area contributed by atoms with Gasteiger partial charge in [0.1, 0.15) is 5.82 Å². The van der Waals surface area contributed by atoms with Gasteiger partial charge in [-0.1, -0.05) is 12.1 Å². The first kappa shape index (κ1) is 25.3. The minimum atomic E-state index is -5.08. The fourth-order valence-electron chi connectivity index (χ4n) is 3.10. The van der Waals surface area contributed by atoms with Crippen LogP contribution in [0.15, 0.2) is 24.3 Å². The number of aliphatic carboxylic acids is 1. The molecule has 11 heteroatoms. The highest BCUT2D eigenvalue weighted by atomic mass is 19.4. The first-order chi connectivity index (χ1) is 14.9. The van der Waals surface area contributed by atoms with Gasteiger partial charge >= 0.3 is 12.1 Å². The molecule has 2 aromatic rings. The van der Waals surface area contributed by atoms with Crippen molar-refractivity contribution in [1.82, 2.24) is 20.0 Å². The Hall–Kier alpha value is -2.95. The van der Waals surface area contributed by atoms with Crippen molar-refractivity contribution in [2.45, 2.75) is 38.9 Å². The van der Waals surface area contributed by atoms with Crippen LogP contribution in [0.25, 0.3) is 11.3 Å². The quantitative estimate of drug-likeness (QED) is 0.688. The van der Waals surface area contributed by atoms with Gasteiger partial charge in [-0.25, -0.2) is 9.18 Å². The molecule has 2 heterocycles. The lowest BCUT2D eigenvalue weighted by Crippen LogP contribution is -2.42. The average Bonchev–Trinajstić information content (AvgIpc) is 2.98. The molecule has 1 aliphatic heterocycles. The van der Waals surface area contributed by atoms with E-state index in [0.717, 1.165) is 35.4 Å². The van der Waals surface area contributed by atoms with E-state index in [4.69, 9.17) is 9.90 Å². The minimum Gasteiger partial charge on any atom is -0.475 e. The maximum atomic E-state index is 13.5. The molecule has 0 radical (unpaired) electrons. The van der Waals surface area contributed by atoms with Crippen molar-refractivity contribution >= 4 is 11.9 Å². The molecule has 0 saturated carbocycles. The monoisotopic (exact) mass is 458 g/mol. The van der Waals surface area contributed by atoms with Crippen LogP contribution >= 0.6 is 0 Å². The summed E-state index contributed by atoms with van der Waals surface area (Å²) in [7, 11) is 1.97. The molecule has 1 amide bonds. The number of aromatic nitrogens is 2. The summed E-state index contributed by atoms with van der Waals surface area (Å²) >= 11 is 0. The molecule has 176 valence electrons. The third-order valence-electron chi connectivity index (χ3n) is 5.18. The number of hydrogen-bond donors (Lipinski definition) is 2. The van der Waals surface area contributed by atoms with Gasteiger partial charge < -0.3 is 10.0 Å². The number of carbonyl (C=O) groups excluding carboxylic acids is 1. The largest absolute Gasteiger partial charge is 0.490 e. The Kier molecular flexibility index (Phi) is 8.37. The maximum absolute atomic E-state index is 13.5. The van der Waals surface area contributed by atoms with Crippen molar-refractivity contribution < 1.29 is 32.3 Å². The van der Waals surface area contributed by atoms with Crippen LogP contribution in [0.1, 0.15) is 25.1 Å². The van der Waals surface area contributed by atoms with E-state index in [1.807, 2.05) is 22.9 Å². The van der Waals surface area contributed by atoms with Crippen molar-refractivity contribution in [3.05, 3.63) is 41.3 Å². The molecule has 7 nitrogen and oxygen atoms in total. The number of nitrogens with one attached hydrogen (secondary N) is 1. The zero-order valence-electron chi connectivity index (χ0n) is 18.0. The topological polar surface area (TPSA) is 89.5 Å². The van der Waals surface area contributed by atoms with Crippen LogP contribution in [0.3, 0.4) is 0 Å². The first-order valence-electron chi connectivity index (χ1n) is 10.00. The maximum Gasteiger partial charge on any atom is 0.490 e. The number of hydrogen-bond acceptors (Lipinski definition) is 4. The summed E-state index contributed by atoms with van der Waals surface area (Å²) in [4.78, 5) is 25.4. The number of halogens is 4. The highest BCUT2D eigenvalue weighted by molar-refractivity contribution is 5.78. The standard InChI is InChI=1S/C19H25FN4O.C2HF3O2/c1-13(2)23(3)12-18(25)24-9-7-16-17(8-10-24)21-22-19(16)14-5-4-6-15(20)11-14;3-2(4,5)1(6)7/h4-6,11,13H,7-10,12H2,1-3H3,(H,21,22);(H,6,7). The second-order valence-electron chi connectivity index (χ2n) is 7.73. The van der Waals surface area contributed by atoms with Gasteiger partial charge in [-0.3, -0.25) is 14.8 Å². The van der Waals surface area contributed by atoms with E-state index in [0.29, 0.717) is 25.7 Å². The van der Waals surface area contributed by atoms with E-state index in [1.54, 1.807) is 6.07 Å². The van der Waals surface area contributed by atoms with E-state index in [9.17, 15) is 22.4 Å². The normalized spacial score (nSPS) is 14.0. The number of likely N-dealkylation sites (N-methyl/N-ethyl adjacent to an activating group) is 1. The molecule has 0 atom stereocenters. The lowest BCUT2D eigenvalue weighted by atomic mass is 10.0. The van der Waals surface area contributed by atoms with Crippen LogP contribution in [0.4, 0.5) is 17.6 Å². The number of benzene rings is 1. The van der Waals surface area contributed by atoms with Gasteiger partial charge in [0.25, 0.3) is 0 Å². The molecule has 1 aliphatic rings. The van der Waals surface area contributed by atoms with Gasteiger partial charge in [0.15, 0.2) is 0 Å². The zero-order valence-corrected chi connectivity index (χ0v) is 18.0. The van der Waals surface area contributed by atoms with Crippen LogP contribution in [-0.4, -0.2) is 75.9 Å². The number of alkyl halides is 3. The lowest BCUT2D eigenvalue weighted by molar-refractivity contribution is -0.192. The summed E-state index contributed by atoms with van der Waals surface area (Å²) in [6.45, 7) is 5.94. The van der Waals surface area contributed by atoms with Crippen LogP contribution < -0.4 is 0 Å². The van der Waals surface area contributed by atoms with Crippen LogP contribution in [0.2, 0.25) is 0 Å². The van der Waals surface area contributed by atoms with Crippen LogP contribution in [-0.2, 0) is 22.4 Å². The highest BCUT2D eigenvalue weighted by Gasteiger charge is 2.38. The summed E-state index contributed by atoms with van der Waals surface area (Å²) in [5.74, 6) is -2.87. The van der Waals surface area contributed by atoms with Gasteiger partial charge in [-0.15, -0.1) is 0 Å². The Morgan fingerprint density at radius 3 is 2.44 bits per heavy atom. The second kappa shape index (κ2) is 10.6. The Balaban J connectivity index is 0.000000451. The zero-order chi connectivity index (χ0) is 24.1. The van der Waals surface area contributed by atoms with E-state index in [-0.39, 0.29) is 11.7 Å². The molecular weight excluding hydrogens is 432 g/mol. The fourth-order valence-corrected chi connectivity index (χ4v) is 3.10. The Morgan fingerprint density at radius 1 is 1.25 bits per heavy atom. The highest BCUT2D eigenvalue weighted by Crippen LogP contribution is 2.27. The summed E-state index contributed by atoms with van der Waals surface area (Å²) in [6, 6.07) is 6.83. The molecule has 0 fully saturated rings. The van der Waals surface area contributed by atoms with Gasteiger partial charge in [0.2, 0.25) is 5.91 Å². The molecule has 0 unspecified atom stereocenters. The molecule has 0 spiro atoms. The third-order valence-corrected chi connectivity index (χ3v) is 5.18. The summed E-state index contributed by atoms with van der Waals surface area (Å²) in [6.07, 6.45) is -3.61. The van der Waals surface area contributed by atoms with E-state index < -0.39 is 12.1 Å². The lowest BCUT2D eigenvalue weighted by Gasteiger charge is -2.26. The van der Waals surface area contributed by atoms with Crippen LogP contribution in [0, 0.1) is 5.82 Å². The molecule has 1 aromatic heterocycles. The molecule has 32 heavy (non-hydrogen) atoms. The molecule has 2 N–H and O–H groups in total. The van der Waals surface area contributed by atoms with Crippen molar-refractivity contribution in [2.24, 2.45) is 0 Å². The first-order valence-corrected chi connectivity index (χ1v) is 10.00. The van der Waals surface area contributed by atoms with Crippen molar-refractivity contribution in [2.75, 3.05) is 26.7 Å². The van der Waals surface area contributed by atoms with Crippen molar-refractivity contribution in [1.29, 1.82) is 0 Å². The van der Waals surface area contributed by atoms with Gasteiger partial charge in [0.05, 0.1) is 12.2 Å². The molecule has 0 bridgehead atoms. The fraction of sp³-hybridized carbons (Fsp3) is 0.476. The average molecular weight is 458 g/mol. The Labute approximate surface area is 183 Å². The van der Waals surface area contributed by atoms with Crippen molar-refractivity contribution in [3.8, 4) is 11.3 Å². The van der Waals surface area contributed by atoms with E-state index >= 15 is 0 Å². The summed E-state index contributed by atoms with van der Waals surface area (Å²) < 4.78 is 45.3. The molecular formula is C21H26F4N4O3. The minimum absolute atomic E-state index is 0.154. The molecule has 0 saturated heterocycles. The predicted octanol–water partition coefficient (Wildman–Crippen LogP) is 3.12. The number of amides is 1. The second-order valence-corrected chi connectivity index (χ2v) is 7.73. The van der Waals surface area contributed by atoms with Gasteiger partial charge in [-0.05, 0) is 39.4 Å². The molecule has 0 aliphatic carbocycles. The van der Waals surface area contributed by atoms with Crippen LogP contribution in [0.5, 0.6) is 0 Å². The Bertz CT molecular complexity index is 943. The number of fused-ring (bicyclic) bond motifs is 1. The number of H-pyrrole nitrogens is 1. The SMILES string of the molecule is CC(C)N(C)CC(=O)N1CCc2[nH]nc(-c3cccc(F)c3)c2CC1.O=C(O)C(F)(F)F. The summed E-state index contributed by atoms with van der Waals surface area (Å²) in [5, 5.41) is 14.6. The smallest absolute Gasteiger partial charge is 0.475 e. The number of nitrogens with zero attached hydrogens (tertiary/aromatic N) is 3. The summed E-state index contributed by atoms with van der Waals surface area (Å²) in [5.41, 5.74) is 3.71. The molecule has 3 rings (SSSR count). The predicted molar refractivity (Wildman–Crippen MR) is 109 cm³/mol. The van der Waals surface area contributed by atoms with Gasteiger partial charge in [0, 0.05) is 42.4 Å². The Morgan fingerprint density at radius 2 is 1.88 bits per heavy atom. The van der Waals surface area contributed by atoms with E-state index in [2.05, 4.69) is 24.0 Å². The van der Waals surface area contributed by atoms with Crippen molar-refractivity contribution in [3.63, 3.8) is 0 Å². The van der Waals surface area contributed by atoms with E-state index in [1.165, 1.54) is 12.1 Å². The molecule has 1 aromatic carbocycles. The number of carboxylic acids is 1. The third kappa shape index (κ3) is 6.78. The van der Waals surface area contributed by atoms with Gasteiger partial charge in [-0.2, -0.15) is 18.3 Å². The number of aromatic amines is 1. The number of rotatable bonds is 4. The number of carboxylic acid groups (broad SMARTS) is 1. The number of carbonyl (C=O) groups is 2.